The van der Waals surface area contributed by atoms with Gasteiger partial charge in [0.25, 0.3) is 0 Å². The normalized spacial score (nSPS) is 20.8. The molecule has 10 nitrogen and oxygen atoms in total. The summed E-state index contributed by atoms with van der Waals surface area (Å²) in [6, 6.07) is 4.35. The molecule has 1 aliphatic heterocycles. The smallest absolute Gasteiger partial charge is 0.475 e. The Hall–Kier alpha value is -3.53. The molecular formula is C22H24F6N4O6. The van der Waals surface area contributed by atoms with Crippen molar-refractivity contribution in [2.45, 2.75) is 43.9 Å². The molecule has 0 aromatic carbocycles. The molecule has 2 aromatic rings. The monoisotopic (exact) mass is 554 g/mol. The van der Waals surface area contributed by atoms with Crippen molar-refractivity contribution < 1.29 is 55.6 Å². The molecule has 2 aliphatic rings. The van der Waals surface area contributed by atoms with E-state index >= 15 is 0 Å². The Balaban J connectivity index is 0.000000301. The lowest BCUT2D eigenvalue weighted by Gasteiger charge is -2.39. The molecule has 0 bridgehead atoms. The van der Waals surface area contributed by atoms with Crippen LogP contribution in [0.25, 0.3) is 0 Å². The molecule has 38 heavy (non-hydrogen) atoms. The molecule has 3 atom stereocenters. The third-order valence-corrected chi connectivity index (χ3v) is 5.37. The minimum Gasteiger partial charge on any atom is -0.475 e. The predicted molar refractivity (Wildman–Crippen MR) is 117 cm³/mol. The number of ether oxygens (including phenoxy) is 2. The van der Waals surface area contributed by atoms with Gasteiger partial charge in [-0.1, -0.05) is 6.07 Å². The Kier molecular flexibility index (Phi) is 11.2. The molecule has 3 heterocycles. The van der Waals surface area contributed by atoms with E-state index in [1.165, 1.54) is 0 Å². The molecule has 2 fully saturated rings. The minimum absolute atomic E-state index is 0.217. The van der Waals surface area contributed by atoms with Crippen LogP contribution in [0, 0.1) is 5.92 Å². The number of morpholine rings is 1. The van der Waals surface area contributed by atoms with Gasteiger partial charge in [-0.15, -0.1) is 0 Å². The minimum atomic E-state index is -5.08. The van der Waals surface area contributed by atoms with Crippen LogP contribution in [0.4, 0.5) is 32.2 Å². The fourth-order valence-electron chi connectivity index (χ4n) is 3.77. The lowest BCUT2D eigenvalue weighted by atomic mass is 10.0. The first-order valence-corrected chi connectivity index (χ1v) is 11.0. The summed E-state index contributed by atoms with van der Waals surface area (Å²) in [5, 5.41) is 14.2. The average molecular weight is 554 g/mol. The fourth-order valence-corrected chi connectivity index (χ4v) is 3.77. The number of aliphatic carboxylic acids is 2. The van der Waals surface area contributed by atoms with Crippen molar-refractivity contribution in [1.29, 1.82) is 0 Å². The molecule has 16 heteroatoms. The molecule has 0 spiro atoms. The first-order valence-electron chi connectivity index (χ1n) is 11.0. The van der Waals surface area contributed by atoms with E-state index < -0.39 is 24.3 Å². The number of alkyl halides is 6. The van der Waals surface area contributed by atoms with E-state index in [9.17, 15) is 26.3 Å². The van der Waals surface area contributed by atoms with Crippen LogP contribution in [0.2, 0.25) is 0 Å². The molecule has 0 amide bonds. The van der Waals surface area contributed by atoms with Crippen LogP contribution in [0.3, 0.4) is 0 Å². The maximum absolute atomic E-state index is 10.6. The van der Waals surface area contributed by atoms with Crippen LogP contribution in [-0.4, -0.2) is 81.4 Å². The lowest BCUT2D eigenvalue weighted by molar-refractivity contribution is -0.193. The van der Waals surface area contributed by atoms with Gasteiger partial charge in [-0.25, -0.2) is 14.6 Å². The van der Waals surface area contributed by atoms with E-state index in [0.29, 0.717) is 18.6 Å². The third kappa shape index (κ3) is 9.74. The van der Waals surface area contributed by atoms with Crippen LogP contribution in [0.1, 0.15) is 18.4 Å². The molecule has 2 N–H and O–H groups in total. The maximum Gasteiger partial charge on any atom is 0.490 e. The van der Waals surface area contributed by atoms with Gasteiger partial charge < -0.3 is 24.6 Å². The zero-order valence-corrected chi connectivity index (χ0v) is 19.6. The van der Waals surface area contributed by atoms with E-state index in [2.05, 4.69) is 19.9 Å². The fraction of sp³-hybridized carbons (Fsp3) is 0.500. The Labute approximate surface area is 212 Å². The summed E-state index contributed by atoms with van der Waals surface area (Å²) in [6.45, 7) is 2.94. The summed E-state index contributed by atoms with van der Waals surface area (Å²) in [5.41, 5.74) is 1.11. The Bertz CT molecular complexity index is 989. The molecule has 1 saturated carbocycles. The van der Waals surface area contributed by atoms with E-state index in [4.69, 9.17) is 29.3 Å². The molecule has 210 valence electrons. The average Bonchev–Trinajstić information content (AvgIpc) is 3.28. The first kappa shape index (κ1) is 30.7. The zero-order chi connectivity index (χ0) is 28.3. The van der Waals surface area contributed by atoms with Crippen molar-refractivity contribution in [2.24, 2.45) is 5.92 Å². The highest BCUT2D eigenvalue weighted by molar-refractivity contribution is 5.73. The van der Waals surface area contributed by atoms with Crippen molar-refractivity contribution in [3.63, 3.8) is 0 Å². The van der Waals surface area contributed by atoms with Gasteiger partial charge in [0.15, 0.2) is 0 Å². The van der Waals surface area contributed by atoms with Gasteiger partial charge in [-0.05, 0) is 24.5 Å². The van der Waals surface area contributed by atoms with Crippen molar-refractivity contribution in [3.8, 4) is 0 Å². The van der Waals surface area contributed by atoms with Crippen molar-refractivity contribution in [1.82, 2.24) is 15.0 Å². The highest BCUT2D eigenvalue weighted by Crippen LogP contribution is 2.36. The number of halogens is 6. The van der Waals surface area contributed by atoms with Crippen LogP contribution in [0.15, 0.2) is 43.1 Å². The molecule has 1 saturated heterocycles. The predicted octanol–water partition coefficient (Wildman–Crippen LogP) is 3.34. The van der Waals surface area contributed by atoms with Gasteiger partial charge in [0.2, 0.25) is 0 Å². The number of pyridine rings is 1. The third-order valence-electron chi connectivity index (χ3n) is 5.37. The summed E-state index contributed by atoms with van der Waals surface area (Å²) in [7, 11) is 0. The number of carbonyl (C=O) groups is 2. The summed E-state index contributed by atoms with van der Waals surface area (Å²) in [6.07, 6.45) is 1.23. The van der Waals surface area contributed by atoms with E-state index in [1.54, 1.807) is 18.6 Å². The number of fused-ring (bicyclic) bond motifs is 1. The van der Waals surface area contributed by atoms with Gasteiger partial charge in [0.05, 0.1) is 38.2 Å². The highest BCUT2D eigenvalue weighted by atomic mass is 19.4. The van der Waals surface area contributed by atoms with E-state index in [1.807, 2.05) is 24.5 Å². The first-order chi connectivity index (χ1) is 17.8. The summed E-state index contributed by atoms with van der Waals surface area (Å²) in [5.74, 6) is -4.13. The second-order valence-corrected chi connectivity index (χ2v) is 7.98. The van der Waals surface area contributed by atoms with E-state index in [0.717, 1.165) is 44.0 Å². The second kappa shape index (κ2) is 13.9. The molecule has 3 unspecified atom stereocenters. The zero-order valence-electron chi connectivity index (χ0n) is 19.6. The summed E-state index contributed by atoms with van der Waals surface area (Å²) >= 11 is 0. The molecule has 1 aliphatic carbocycles. The molecule has 0 radical (unpaired) electrons. The van der Waals surface area contributed by atoms with Crippen LogP contribution in [0.5, 0.6) is 0 Å². The number of anilines is 1. The number of hydrogen-bond donors (Lipinski definition) is 2. The van der Waals surface area contributed by atoms with Crippen molar-refractivity contribution >= 4 is 17.8 Å². The Morgan fingerprint density at radius 2 is 1.63 bits per heavy atom. The molecule has 2 aromatic heterocycles. The summed E-state index contributed by atoms with van der Waals surface area (Å²) < 4.78 is 75.5. The summed E-state index contributed by atoms with van der Waals surface area (Å²) in [4.78, 5) is 32.9. The number of rotatable bonds is 5. The van der Waals surface area contributed by atoms with Gasteiger partial charge in [-0.2, -0.15) is 26.3 Å². The molecule has 4 rings (SSSR count). The van der Waals surface area contributed by atoms with Gasteiger partial charge in [-0.3, -0.25) is 9.97 Å². The van der Waals surface area contributed by atoms with Gasteiger partial charge in [0.1, 0.15) is 5.82 Å². The Morgan fingerprint density at radius 3 is 2.16 bits per heavy atom. The second-order valence-electron chi connectivity index (χ2n) is 7.98. The highest BCUT2D eigenvalue weighted by Gasteiger charge is 2.43. The van der Waals surface area contributed by atoms with Crippen molar-refractivity contribution in [2.75, 3.05) is 24.7 Å². The quantitative estimate of drug-likeness (QED) is 0.530. The number of carboxylic acid groups (broad SMARTS) is 2. The largest absolute Gasteiger partial charge is 0.490 e. The SMILES string of the molecule is O=C(O)C(F)(F)F.O=C(O)C(F)(F)F.c1cncc(COCC2CCC3C2OCCN3c2cnccn2)c1. The maximum atomic E-state index is 10.6. The van der Waals surface area contributed by atoms with Crippen LogP contribution >= 0.6 is 0 Å². The number of aromatic nitrogens is 3. The topological polar surface area (TPSA) is 135 Å². The number of carboxylic acids is 2. The van der Waals surface area contributed by atoms with Crippen molar-refractivity contribution in [3.05, 3.63) is 48.7 Å². The number of hydrogen-bond acceptors (Lipinski definition) is 8. The standard InChI is InChI=1S/C18H22N4O2.2C2HF3O2/c1-2-14(10-19-5-1)12-23-13-15-3-4-16-18(15)24-9-8-22(16)17-11-20-6-7-21-17;2*3-2(4,5)1(6)7/h1-2,5-7,10-11,15-16,18H,3-4,8-9,12-13H2;2*(H,6,7). The van der Waals surface area contributed by atoms with Crippen LogP contribution in [-0.2, 0) is 25.7 Å². The van der Waals surface area contributed by atoms with Crippen LogP contribution < -0.4 is 4.90 Å². The van der Waals surface area contributed by atoms with E-state index in [-0.39, 0.29) is 6.10 Å². The lowest BCUT2D eigenvalue weighted by Crippen LogP contribution is -2.51. The molecular weight excluding hydrogens is 530 g/mol. The number of nitrogens with zero attached hydrogens (tertiary/aromatic N) is 4. The Morgan fingerprint density at radius 1 is 1.00 bits per heavy atom. The van der Waals surface area contributed by atoms with Gasteiger partial charge >= 0.3 is 24.3 Å². The van der Waals surface area contributed by atoms with Gasteiger partial charge in [0, 0.05) is 37.3 Å².